The summed E-state index contributed by atoms with van der Waals surface area (Å²) in [7, 11) is 0. The Morgan fingerprint density at radius 2 is 1.45 bits per heavy atom. The number of carbonyl (C=O) groups is 2. The van der Waals surface area contributed by atoms with E-state index in [9.17, 15) is 9.59 Å². The average Bonchev–Trinajstić information content (AvgIpc) is 2.52. The molecule has 2 amide bonds. The predicted molar refractivity (Wildman–Crippen MR) is 91.5 cm³/mol. The van der Waals surface area contributed by atoms with Crippen molar-refractivity contribution in [3.63, 3.8) is 0 Å². The summed E-state index contributed by atoms with van der Waals surface area (Å²) in [5, 5.41) is 4.09. The molecule has 0 aromatic heterocycles. The van der Waals surface area contributed by atoms with Crippen LogP contribution in [0.5, 0.6) is 0 Å². The summed E-state index contributed by atoms with van der Waals surface area (Å²) in [6.07, 6.45) is 0. The van der Waals surface area contributed by atoms with Gasteiger partial charge in [-0.25, -0.2) is 0 Å². The fraction of sp³-hybridized carbons (Fsp3) is 0.0588. The number of benzene rings is 2. The minimum absolute atomic E-state index is 0.366. The van der Waals surface area contributed by atoms with Crippen LogP contribution in [-0.4, -0.2) is 11.8 Å². The largest absolute Gasteiger partial charge is 0.292 e. The van der Waals surface area contributed by atoms with Crippen LogP contribution in [0.25, 0.3) is 0 Å². The van der Waals surface area contributed by atoms with Crippen molar-refractivity contribution in [2.45, 2.75) is 16.7 Å². The van der Waals surface area contributed by atoms with Gasteiger partial charge < -0.3 is 0 Å². The molecule has 0 aliphatic carbocycles. The highest BCUT2D eigenvalue weighted by molar-refractivity contribution is 8.06. The fourth-order valence-corrected chi connectivity index (χ4v) is 3.27. The summed E-state index contributed by atoms with van der Waals surface area (Å²) in [6, 6.07) is 19.3. The molecule has 0 saturated heterocycles. The van der Waals surface area contributed by atoms with Crippen molar-refractivity contribution in [1.82, 2.24) is 5.32 Å². The van der Waals surface area contributed by atoms with E-state index < -0.39 is 0 Å². The van der Waals surface area contributed by atoms with E-state index in [1.165, 1.54) is 30.4 Å². The lowest BCUT2D eigenvalue weighted by Gasteiger charge is -2.07. The Labute approximate surface area is 138 Å². The number of hydrogen-bond donors (Lipinski definition) is 1. The first kappa shape index (κ1) is 16.4. The molecule has 22 heavy (non-hydrogen) atoms. The SMILES string of the molecule is CC(=O)NC(=O)/C(=C/Sc1ccccc1)Sc1ccccc1. The van der Waals surface area contributed by atoms with Crippen molar-refractivity contribution >= 4 is 35.3 Å². The molecule has 0 spiro atoms. The molecule has 5 heteroatoms. The first-order chi connectivity index (χ1) is 10.6. The quantitative estimate of drug-likeness (QED) is 0.663. The third kappa shape index (κ3) is 5.42. The second kappa shape index (κ2) is 8.46. The van der Waals surface area contributed by atoms with Gasteiger partial charge in [0, 0.05) is 16.7 Å². The van der Waals surface area contributed by atoms with Gasteiger partial charge in [-0.2, -0.15) is 0 Å². The highest BCUT2D eigenvalue weighted by Gasteiger charge is 2.13. The molecule has 0 saturated carbocycles. The van der Waals surface area contributed by atoms with Crippen LogP contribution in [0.4, 0.5) is 0 Å². The average molecular weight is 329 g/mol. The zero-order valence-corrected chi connectivity index (χ0v) is 13.6. The Hall–Kier alpha value is -1.98. The molecule has 0 heterocycles. The van der Waals surface area contributed by atoms with E-state index in [0.717, 1.165) is 9.79 Å². The lowest BCUT2D eigenvalue weighted by atomic mass is 10.4. The Morgan fingerprint density at radius 1 is 0.909 bits per heavy atom. The van der Waals surface area contributed by atoms with Gasteiger partial charge in [-0.05, 0) is 29.7 Å². The van der Waals surface area contributed by atoms with Crippen LogP contribution >= 0.6 is 23.5 Å². The fourth-order valence-electron chi connectivity index (χ4n) is 1.58. The molecular weight excluding hydrogens is 314 g/mol. The molecule has 2 aromatic carbocycles. The molecule has 0 aliphatic heterocycles. The van der Waals surface area contributed by atoms with Gasteiger partial charge in [0.05, 0.1) is 4.91 Å². The van der Waals surface area contributed by atoms with Gasteiger partial charge in [-0.3, -0.25) is 14.9 Å². The summed E-state index contributed by atoms with van der Waals surface area (Å²) < 4.78 is 0. The number of nitrogens with one attached hydrogen (secondary N) is 1. The number of hydrogen-bond acceptors (Lipinski definition) is 4. The van der Waals surface area contributed by atoms with Gasteiger partial charge in [0.1, 0.15) is 0 Å². The normalized spacial score (nSPS) is 11.0. The first-order valence-electron chi connectivity index (χ1n) is 6.62. The number of amides is 2. The monoisotopic (exact) mass is 329 g/mol. The molecule has 2 rings (SSSR count). The molecule has 0 unspecified atom stereocenters. The number of imide groups is 1. The maximum absolute atomic E-state index is 12.1. The minimum atomic E-state index is -0.384. The zero-order valence-electron chi connectivity index (χ0n) is 12.0. The van der Waals surface area contributed by atoms with E-state index in [0.29, 0.717) is 4.91 Å². The molecule has 0 aliphatic rings. The Morgan fingerprint density at radius 3 is 2.00 bits per heavy atom. The summed E-state index contributed by atoms with van der Waals surface area (Å²) >= 11 is 2.78. The highest BCUT2D eigenvalue weighted by atomic mass is 32.2. The van der Waals surface area contributed by atoms with Crippen molar-refractivity contribution in [3.8, 4) is 0 Å². The third-order valence-corrected chi connectivity index (χ3v) is 4.61. The van der Waals surface area contributed by atoms with E-state index in [1.807, 2.05) is 60.7 Å². The number of rotatable bonds is 5. The lowest BCUT2D eigenvalue weighted by Crippen LogP contribution is -2.28. The van der Waals surface area contributed by atoms with Gasteiger partial charge in [0.15, 0.2) is 0 Å². The molecule has 0 radical (unpaired) electrons. The van der Waals surface area contributed by atoms with Crippen LogP contribution in [-0.2, 0) is 9.59 Å². The van der Waals surface area contributed by atoms with Gasteiger partial charge in [0.25, 0.3) is 5.91 Å². The maximum Gasteiger partial charge on any atom is 0.265 e. The molecule has 2 aromatic rings. The van der Waals surface area contributed by atoms with Crippen molar-refractivity contribution in [3.05, 3.63) is 71.0 Å². The molecule has 0 atom stereocenters. The van der Waals surface area contributed by atoms with Crippen LogP contribution in [0, 0.1) is 0 Å². The summed E-state index contributed by atoms with van der Waals surface area (Å²) in [5.74, 6) is -0.751. The zero-order chi connectivity index (χ0) is 15.8. The molecule has 0 bridgehead atoms. The van der Waals surface area contributed by atoms with Crippen LogP contribution in [0.1, 0.15) is 6.92 Å². The summed E-state index contributed by atoms with van der Waals surface area (Å²) in [5.41, 5.74) is 0. The minimum Gasteiger partial charge on any atom is -0.292 e. The Kier molecular flexibility index (Phi) is 6.30. The van der Waals surface area contributed by atoms with E-state index in [-0.39, 0.29) is 11.8 Å². The second-order valence-corrected chi connectivity index (χ2v) is 6.40. The first-order valence-corrected chi connectivity index (χ1v) is 8.31. The molecular formula is C17H15NO2S2. The van der Waals surface area contributed by atoms with E-state index in [1.54, 1.807) is 5.41 Å². The highest BCUT2D eigenvalue weighted by Crippen LogP contribution is 2.30. The molecule has 1 N–H and O–H groups in total. The van der Waals surface area contributed by atoms with Gasteiger partial charge in [0.2, 0.25) is 5.91 Å². The van der Waals surface area contributed by atoms with Gasteiger partial charge in [-0.15, -0.1) is 0 Å². The van der Waals surface area contributed by atoms with Crippen molar-refractivity contribution < 1.29 is 9.59 Å². The van der Waals surface area contributed by atoms with Crippen LogP contribution in [0.3, 0.4) is 0 Å². The van der Waals surface area contributed by atoms with Gasteiger partial charge >= 0.3 is 0 Å². The van der Waals surface area contributed by atoms with E-state index >= 15 is 0 Å². The molecule has 3 nitrogen and oxygen atoms in total. The van der Waals surface area contributed by atoms with Crippen LogP contribution in [0.2, 0.25) is 0 Å². The molecule has 0 fully saturated rings. The van der Waals surface area contributed by atoms with E-state index in [2.05, 4.69) is 5.32 Å². The van der Waals surface area contributed by atoms with Crippen molar-refractivity contribution in [2.75, 3.05) is 0 Å². The van der Waals surface area contributed by atoms with Crippen molar-refractivity contribution in [2.24, 2.45) is 0 Å². The Balaban J connectivity index is 2.17. The maximum atomic E-state index is 12.1. The predicted octanol–water partition coefficient (Wildman–Crippen LogP) is 4.08. The summed E-state index contributed by atoms with van der Waals surface area (Å²) in [6.45, 7) is 1.33. The number of carbonyl (C=O) groups excluding carboxylic acids is 2. The van der Waals surface area contributed by atoms with Crippen LogP contribution < -0.4 is 5.32 Å². The van der Waals surface area contributed by atoms with E-state index in [4.69, 9.17) is 0 Å². The standard InChI is InChI=1S/C17H15NO2S2/c1-13(19)18-17(20)16(22-15-10-6-3-7-11-15)12-21-14-8-4-2-5-9-14/h2-12H,1H3,(H,18,19,20)/b16-12-. The second-order valence-electron chi connectivity index (χ2n) is 4.34. The number of thioether (sulfide) groups is 2. The third-order valence-electron chi connectivity index (χ3n) is 2.53. The van der Waals surface area contributed by atoms with Crippen molar-refractivity contribution in [1.29, 1.82) is 0 Å². The van der Waals surface area contributed by atoms with Crippen LogP contribution in [0.15, 0.2) is 80.8 Å². The molecule has 112 valence electrons. The summed E-state index contributed by atoms with van der Waals surface area (Å²) in [4.78, 5) is 25.7. The lowest BCUT2D eigenvalue weighted by molar-refractivity contribution is -0.126. The van der Waals surface area contributed by atoms with Gasteiger partial charge in [-0.1, -0.05) is 59.9 Å². The Bertz CT molecular complexity index is 670. The smallest absolute Gasteiger partial charge is 0.265 e. The topological polar surface area (TPSA) is 46.2 Å².